The number of esters is 2. The van der Waals surface area contributed by atoms with Gasteiger partial charge >= 0.3 is 11.9 Å². The maximum absolute atomic E-state index is 11.7. The highest BCUT2D eigenvalue weighted by molar-refractivity contribution is 5.72. The lowest BCUT2D eigenvalue weighted by Gasteiger charge is -2.05. The minimum atomic E-state index is -0.545. The van der Waals surface area contributed by atoms with Gasteiger partial charge in [0, 0.05) is 18.9 Å². The summed E-state index contributed by atoms with van der Waals surface area (Å²) < 4.78 is 10.1. The molecule has 0 aromatic heterocycles. The number of non-ortho nitro benzene ring substituents is 1. The zero-order chi connectivity index (χ0) is 17.8. The van der Waals surface area contributed by atoms with Crippen LogP contribution in [0.25, 0.3) is 0 Å². The minimum Gasteiger partial charge on any atom is -0.466 e. The zero-order valence-electron chi connectivity index (χ0n) is 13.9. The van der Waals surface area contributed by atoms with Crippen LogP contribution in [0, 0.1) is 10.1 Å². The summed E-state index contributed by atoms with van der Waals surface area (Å²) in [6.07, 6.45) is 4.38. The molecule has 0 bridgehead atoms. The molecule has 24 heavy (non-hydrogen) atoms. The van der Waals surface area contributed by atoms with E-state index in [9.17, 15) is 19.7 Å². The van der Waals surface area contributed by atoms with Gasteiger partial charge in [0.05, 0.1) is 17.6 Å². The van der Waals surface area contributed by atoms with Crippen molar-refractivity contribution in [2.75, 3.05) is 6.61 Å². The maximum atomic E-state index is 11.7. The summed E-state index contributed by atoms with van der Waals surface area (Å²) in [6.45, 7) is 2.49. The Bertz CT molecular complexity index is 558. The van der Waals surface area contributed by atoms with Crippen LogP contribution in [-0.4, -0.2) is 23.5 Å². The first-order chi connectivity index (χ1) is 11.5. The van der Waals surface area contributed by atoms with Crippen LogP contribution in [0.4, 0.5) is 5.69 Å². The highest BCUT2D eigenvalue weighted by atomic mass is 16.6. The minimum absolute atomic E-state index is 0.123. The highest BCUT2D eigenvalue weighted by Crippen LogP contribution is 2.19. The molecule has 0 aliphatic heterocycles. The van der Waals surface area contributed by atoms with Gasteiger partial charge in [-0.25, -0.2) is 0 Å². The SMILES string of the molecule is CCCCOC(=O)CCCCCC(=O)Oc1cccc([N+](=O)[O-])c1. The summed E-state index contributed by atoms with van der Waals surface area (Å²) in [5, 5.41) is 10.6. The van der Waals surface area contributed by atoms with Crippen molar-refractivity contribution < 1.29 is 24.0 Å². The number of nitrogens with zero attached hydrogens (tertiary/aromatic N) is 1. The van der Waals surface area contributed by atoms with Gasteiger partial charge in [0.15, 0.2) is 0 Å². The summed E-state index contributed by atoms with van der Waals surface area (Å²) in [6, 6.07) is 5.50. The van der Waals surface area contributed by atoms with Crippen LogP contribution in [0.5, 0.6) is 5.75 Å². The van der Waals surface area contributed by atoms with Crippen molar-refractivity contribution in [3.8, 4) is 5.75 Å². The van der Waals surface area contributed by atoms with Gasteiger partial charge < -0.3 is 9.47 Å². The number of ether oxygens (including phenoxy) is 2. The fourth-order valence-electron chi connectivity index (χ4n) is 1.96. The Morgan fingerprint density at radius 3 is 2.46 bits per heavy atom. The van der Waals surface area contributed by atoms with Crippen LogP contribution >= 0.6 is 0 Å². The largest absolute Gasteiger partial charge is 0.466 e. The van der Waals surface area contributed by atoms with Crippen molar-refractivity contribution in [2.45, 2.75) is 51.9 Å². The summed E-state index contributed by atoms with van der Waals surface area (Å²) in [4.78, 5) is 33.2. The zero-order valence-corrected chi connectivity index (χ0v) is 13.9. The smallest absolute Gasteiger partial charge is 0.311 e. The van der Waals surface area contributed by atoms with Crippen LogP contribution in [0.3, 0.4) is 0 Å². The molecular formula is C17H23NO6. The van der Waals surface area contributed by atoms with Crippen molar-refractivity contribution in [3.05, 3.63) is 34.4 Å². The molecule has 0 fully saturated rings. The molecule has 0 aliphatic carbocycles. The molecule has 7 nitrogen and oxygen atoms in total. The molecular weight excluding hydrogens is 314 g/mol. The second-order valence-corrected chi connectivity index (χ2v) is 5.36. The van der Waals surface area contributed by atoms with Gasteiger partial charge in [-0.15, -0.1) is 0 Å². The number of carbonyl (C=O) groups is 2. The van der Waals surface area contributed by atoms with E-state index in [4.69, 9.17) is 9.47 Å². The van der Waals surface area contributed by atoms with Gasteiger partial charge in [0.2, 0.25) is 0 Å². The number of hydrogen-bond donors (Lipinski definition) is 0. The van der Waals surface area contributed by atoms with Gasteiger partial charge in [-0.2, -0.15) is 0 Å². The third-order valence-electron chi connectivity index (χ3n) is 3.28. The van der Waals surface area contributed by atoms with Crippen molar-refractivity contribution in [1.82, 2.24) is 0 Å². The molecule has 0 N–H and O–H groups in total. The van der Waals surface area contributed by atoms with E-state index in [0.29, 0.717) is 32.3 Å². The third-order valence-corrected chi connectivity index (χ3v) is 3.28. The third kappa shape index (κ3) is 8.26. The molecule has 0 heterocycles. The predicted octanol–water partition coefficient (Wildman–Crippen LogP) is 3.79. The Morgan fingerprint density at radius 1 is 1.08 bits per heavy atom. The topological polar surface area (TPSA) is 95.7 Å². The molecule has 0 unspecified atom stereocenters. The lowest BCUT2D eigenvalue weighted by Crippen LogP contribution is -2.08. The lowest BCUT2D eigenvalue weighted by atomic mass is 10.1. The van der Waals surface area contributed by atoms with Crippen molar-refractivity contribution in [3.63, 3.8) is 0 Å². The molecule has 0 atom stereocenters. The van der Waals surface area contributed by atoms with E-state index >= 15 is 0 Å². The Balaban J connectivity index is 2.17. The monoisotopic (exact) mass is 337 g/mol. The van der Waals surface area contributed by atoms with E-state index in [1.54, 1.807) is 0 Å². The van der Waals surface area contributed by atoms with E-state index in [1.807, 2.05) is 6.92 Å². The number of benzene rings is 1. The van der Waals surface area contributed by atoms with Crippen LogP contribution in [0.2, 0.25) is 0 Å². The number of rotatable bonds is 11. The molecule has 0 aliphatic rings. The van der Waals surface area contributed by atoms with Gasteiger partial charge in [-0.1, -0.05) is 25.8 Å². The Kier molecular flexibility index (Phi) is 9.11. The highest BCUT2D eigenvalue weighted by Gasteiger charge is 2.10. The molecule has 0 saturated heterocycles. The number of nitro groups is 1. The Hall–Kier alpha value is -2.44. The normalized spacial score (nSPS) is 10.2. The predicted molar refractivity (Wildman–Crippen MR) is 87.7 cm³/mol. The van der Waals surface area contributed by atoms with E-state index in [-0.39, 0.29) is 23.8 Å². The first-order valence-electron chi connectivity index (χ1n) is 8.13. The average Bonchev–Trinajstić information content (AvgIpc) is 2.55. The fraction of sp³-hybridized carbons (Fsp3) is 0.529. The first kappa shape index (κ1) is 19.6. The molecule has 0 spiro atoms. The van der Waals surface area contributed by atoms with E-state index in [1.165, 1.54) is 24.3 Å². The molecule has 132 valence electrons. The number of unbranched alkanes of at least 4 members (excludes halogenated alkanes) is 3. The van der Waals surface area contributed by atoms with Crippen LogP contribution in [0.15, 0.2) is 24.3 Å². The summed E-state index contributed by atoms with van der Waals surface area (Å²) >= 11 is 0. The van der Waals surface area contributed by atoms with Crippen LogP contribution in [-0.2, 0) is 14.3 Å². The first-order valence-corrected chi connectivity index (χ1v) is 8.13. The maximum Gasteiger partial charge on any atom is 0.311 e. The number of hydrogen-bond acceptors (Lipinski definition) is 6. The van der Waals surface area contributed by atoms with Gasteiger partial charge in [0.1, 0.15) is 5.75 Å². The molecule has 1 aromatic carbocycles. The number of carbonyl (C=O) groups excluding carboxylic acids is 2. The molecule has 1 aromatic rings. The summed E-state index contributed by atoms with van der Waals surface area (Å²) in [5.41, 5.74) is -0.123. The number of nitro benzene ring substituents is 1. The van der Waals surface area contributed by atoms with E-state index < -0.39 is 10.9 Å². The second kappa shape index (κ2) is 11.2. The quantitative estimate of drug-likeness (QED) is 0.200. The van der Waals surface area contributed by atoms with E-state index in [0.717, 1.165) is 12.8 Å². The van der Waals surface area contributed by atoms with Crippen LogP contribution < -0.4 is 4.74 Å². The second-order valence-electron chi connectivity index (χ2n) is 5.36. The molecule has 0 radical (unpaired) electrons. The standard InChI is InChI=1S/C17H23NO6/c1-2-3-12-23-16(19)10-5-4-6-11-17(20)24-15-9-7-8-14(13-15)18(21)22/h7-9,13H,2-6,10-12H2,1H3. The van der Waals surface area contributed by atoms with Crippen molar-refractivity contribution in [2.24, 2.45) is 0 Å². The van der Waals surface area contributed by atoms with Gasteiger partial charge in [-0.3, -0.25) is 19.7 Å². The molecule has 1 rings (SSSR count). The summed E-state index contributed by atoms with van der Waals surface area (Å²) in [7, 11) is 0. The molecule has 0 saturated carbocycles. The van der Waals surface area contributed by atoms with Gasteiger partial charge in [0.25, 0.3) is 5.69 Å². The van der Waals surface area contributed by atoms with Crippen molar-refractivity contribution >= 4 is 17.6 Å². The molecule has 0 amide bonds. The lowest BCUT2D eigenvalue weighted by molar-refractivity contribution is -0.384. The van der Waals surface area contributed by atoms with Gasteiger partial charge in [-0.05, 0) is 25.3 Å². The van der Waals surface area contributed by atoms with E-state index in [2.05, 4.69) is 0 Å². The summed E-state index contributed by atoms with van der Waals surface area (Å²) in [5.74, 6) is -0.489. The fourth-order valence-corrected chi connectivity index (χ4v) is 1.96. The molecule has 7 heteroatoms. The van der Waals surface area contributed by atoms with Crippen LogP contribution in [0.1, 0.15) is 51.9 Å². The average molecular weight is 337 g/mol. The Morgan fingerprint density at radius 2 is 1.79 bits per heavy atom. The Labute approximate surface area is 141 Å². The van der Waals surface area contributed by atoms with Crippen molar-refractivity contribution in [1.29, 1.82) is 0 Å².